The SMILES string of the molecule is CCCCN1C(=O)c2ccc(C(=O)N3CCN(c4cccc(F)c4C#N)CC3)cc2C1=O. The molecule has 0 radical (unpaired) electrons. The van der Waals surface area contributed by atoms with Crippen molar-refractivity contribution >= 4 is 23.4 Å². The van der Waals surface area contributed by atoms with E-state index < -0.39 is 5.82 Å². The second-order valence-electron chi connectivity index (χ2n) is 7.90. The van der Waals surface area contributed by atoms with Crippen LogP contribution >= 0.6 is 0 Å². The summed E-state index contributed by atoms with van der Waals surface area (Å²) in [7, 11) is 0. The fraction of sp³-hybridized carbons (Fsp3) is 0.333. The van der Waals surface area contributed by atoms with Gasteiger partial charge in [-0.2, -0.15) is 5.26 Å². The van der Waals surface area contributed by atoms with Crippen LogP contribution in [0.5, 0.6) is 0 Å². The van der Waals surface area contributed by atoms with Crippen molar-refractivity contribution in [3.05, 3.63) is 64.5 Å². The molecule has 2 aromatic rings. The van der Waals surface area contributed by atoms with Crippen molar-refractivity contribution < 1.29 is 18.8 Å². The van der Waals surface area contributed by atoms with Crippen molar-refractivity contribution in [2.45, 2.75) is 19.8 Å². The number of fused-ring (bicyclic) bond motifs is 1. The molecule has 0 atom stereocenters. The Hall–Kier alpha value is -3.73. The number of piperazine rings is 1. The number of amides is 3. The predicted molar refractivity (Wildman–Crippen MR) is 116 cm³/mol. The maximum absolute atomic E-state index is 13.9. The fourth-order valence-electron chi connectivity index (χ4n) is 4.16. The summed E-state index contributed by atoms with van der Waals surface area (Å²) in [5.41, 5.74) is 1.49. The minimum atomic E-state index is -0.561. The Labute approximate surface area is 185 Å². The van der Waals surface area contributed by atoms with E-state index in [4.69, 9.17) is 0 Å². The minimum absolute atomic E-state index is 0.00158. The number of anilines is 1. The highest BCUT2D eigenvalue weighted by atomic mass is 19.1. The quantitative estimate of drug-likeness (QED) is 0.676. The number of benzene rings is 2. The van der Waals surface area contributed by atoms with Gasteiger partial charge in [-0.3, -0.25) is 19.3 Å². The number of nitrogens with zero attached hydrogens (tertiary/aromatic N) is 4. The van der Waals surface area contributed by atoms with E-state index in [-0.39, 0.29) is 28.8 Å². The van der Waals surface area contributed by atoms with Crippen LogP contribution in [-0.4, -0.2) is 60.2 Å². The molecule has 0 aromatic heterocycles. The first-order valence-corrected chi connectivity index (χ1v) is 10.7. The molecule has 0 unspecified atom stereocenters. The van der Waals surface area contributed by atoms with Gasteiger partial charge >= 0.3 is 0 Å². The molecule has 0 N–H and O–H groups in total. The van der Waals surface area contributed by atoms with E-state index >= 15 is 0 Å². The molecule has 1 fully saturated rings. The predicted octanol–water partition coefficient (Wildman–Crippen LogP) is 3.06. The van der Waals surface area contributed by atoms with Gasteiger partial charge in [0.05, 0.1) is 16.8 Å². The van der Waals surface area contributed by atoms with E-state index in [1.54, 1.807) is 29.2 Å². The highest BCUT2D eigenvalue weighted by Crippen LogP contribution is 2.26. The monoisotopic (exact) mass is 434 g/mol. The van der Waals surface area contributed by atoms with Gasteiger partial charge < -0.3 is 9.80 Å². The molecular weight excluding hydrogens is 411 g/mol. The molecule has 0 saturated carbocycles. The minimum Gasteiger partial charge on any atom is -0.367 e. The first-order valence-electron chi connectivity index (χ1n) is 10.7. The number of carbonyl (C=O) groups is 3. The second kappa shape index (κ2) is 8.79. The Morgan fingerprint density at radius 1 is 1.06 bits per heavy atom. The standard InChI is InChI=1S/C24H23FN4O3/c1-2-3-9-29-23(31)17-8-7-16(14-18(17)24(29)32)22(30)28-12-10-27(11-13-28)21-6-4-5-20(25)19(21)15-26/h4-8,14H,2-3,9-13H2,1H3. The van der Waals surface area contributed by atoms with Crippen molar-refractivity contribution in [1.82, 2.24) is 9.80 Å². The summed E-state index contributed by atoms with van der Waals surface area (Å²) in [6.07, 6.45) is 1.61. The van der Waals surface area contributed by atoms with Gasteiger partial charge in [-0.1, -0.05) is 19.4 Å². The lowest BCUT2D eigenvalue weighted by Crippen LogP contribution is -2.49. The van der Waals surface area contributed by atoms with Crippen LogP contribution in [-0.2, 0) is 0 Å². The van der Waals surface area contributed by atoms with Crippen molar-refractivity contribution in [3.8, 4) is 6.07 Å². The van der Waals surface area contributed by atoms with Crippen LogP contribution in [0.4, 0.5) is 10.1 Å². The number of rotatable bonds is 5. The molecule has 3 amide bonds. The fourth-order valence-corrected chi connectivity index (χ4v) is 4.16. The van der Waals surface area contributed by atoms with Gasteiger partial charge in [0.15, 0.2) is 0 Å². The summed E-state index contributed by atoms with van der Waals surface area (Å²) in [6, 6.07) is 11.1. The summed E-state index contributed by atoms with van der Waals surface area (Å²) in [4.78, 5) is 43.0. The Morgan fingerprint density at radius 3 is 2.47 bits per heavy atom. The largest absolute Gasteiger partial charge is 0.367 e. The van der Waals surface area contributed by atoms with Crippen LogP contribution in [0.3, 0.4) is 0 Å². The number of hydrogen-bond acceptors (Lipinski definition) is 5. The highest BCUT2D eigenvalue weighted by molar-refractivity contribution is 6.22. The van der Waals surface area contributed by atoms with Crippen LogP contribution in [0.2, 0.25) is 0 Å². The molecule has 0 spiro atoms. The molecule has 32 heavy (non-hydrogen) atoms. The zero-order valence-electron chi connectivity index (χ0n) is 17.8. The molecular formula is C24H23FN4O3. The van der Waals surface area contributed by atoms with Crippen LogP contribution < -0.4 is 4.90 Å². The third-order valence-electron chi connectivity index (χ3n) is 5.96. The molecule has 1 saturated heterocycles. The van der Waals surface area contributed by atoms with Crippen LogP contribution in [0.1, 0.15) is 56.4 Å². The van der Waals surface area contributed by atoms with Gasteiger partial charge in [-0.05, 0) is 36.8 Å². The van der Waals surface area contributed by atoms with Crippen molar-refractivity contribution in [2.24, 2.45) is 0 Å². The van der Waals surface area contributed by atoms with Gasteiger partial charge in [0.1, 0.15) is 17.4 Å². The molecule has 0 aliphatic carbocycles. The number of imide groups is 1. The van der Waals surface area contributed by atoms with Gasteiger partial charge in [-0.25, -0.2) is 4.39 Å². The molecule has 2 aliphatic heterocycles. The van der Waals surface area contributed by atoms with E-state index in [1.807, 2.05) is 17.9 Å². The molecule has 2 aliphatic rings. The molecule has 7 nitrogen and oxygen atoms in total. The average Bonchev–Trinajstić information content (AvgIpc) is 3.06. The average molecular weight is 434 g/mol. The van der Waals surface area contributed by atoms with E-state index in [0.717, 1.165) is 12.8 Å². The Morgan fingerprint density at radius 2 is 1.78 bits per heavy atom. The molecule has 4 rings (SSSR count). The lowest BCUT2D eigenvalue weighted by molar-refractivity contribution is 0.0651. The van der Waals surface area contributed by atoms with Crippen LogP contribution in [0.15, 0.2) is 36.4 Å². The number of unbranched alkanes of at least 4 members (excludes halogenated alkanes) is 1. The zero-order valence-corrected chi connectivity index (χ0v) is 17.8. The van der Waals surface area contributed by atoms with Gasteiger partial charge in [-0.15, -0.1) is 0 Å². The van der Waals surface area contributed by atoms with Crippen LogP contribution in [0.25, 0.3) is 0 Å². The highest BCUT2D eigenvalue weighted by Gasteiger charge is 2.36. The Kier molecular flexibility index (Phi) is 5.91. The Bertz CT molecular complexity index is 1130. The van der Waals surface area contributed by atoms with Crippen LogP contribution in [0, 0.1) is 17.1 Å². The lowest BCUT2D eigenvalue weighted by Gasteiger charge is -2.36. The number of carbonyl (C=O) groups excluding carboxylic acids is 3. The lowest BCUT2D eigenvalue weighted by atomic mass is 10.0. The summed E-state index contributed by atoms with van der Waals surface area (Å²) in [6.45, 7) is 4.07. The summed E-state index contributed by atoms with van der Waals surface area (Å²) in [5.74, 6) is -1.45. The first-order chi connectivity index (χ1) is 15.5. The normalized spacial score (nSPS) is 15.7. The molecule has 0 bridgehead atoms. The zero-order chi connectivity index (χ0) is 22.8. The third-order valence-corrected chi connectivity index (χ3v) is 5.96. The van der Waals surface area contributed by atoms with E-state index in [1.165, 1.54) is 17.0 Å². The van der Waals surface area contributed by atoms with E-state index in [2.05, 4.69) is 0 Å². The van der Waals surface area contributed by atoms with Gasteiger partial charge in [0.2, 0.25) is 0 Å². The summed E-state index contributed by atoms with van der Waals surface area (Å²) in [5, 5.41) is 9.27. The van der Waals surface area contributed by atoms with Crippen molar-refractivity contribution in [2.75, 3.05) is 37.6 Å². The van der Waals surface area contributed by atoms with Gasteiger partial charge in [0.25, 0.3) is 17.7 Å². The molecule has 164 valence electrons. The van der Waals surface area contributed by atoms with E-state index in [0.29, 0.717) is 49.5 Å². The molecule has 2 aromatic carbocycles. The smallest absolute Gasteiger partial charge is 0.261 e. The van der Waals surface area contributed by atoms with Crippen molar-refractivity contribution in [3.63, 3.8) is 0 Å². The number of nitriles is 1. The summed E-state index contributed by atoms with van der Waals surface area (Å²) < 4.78 is 13.9. The van der Waals surface area contributed by atoms with E-state index in [9.17, 15) is 24.0 Å². The maximum Gasteiger partial charge on any atom is 0.261 e. The Balaban J connectivity index is 1.47. The maximum atomic E-state index is 13.9. The second-order valence-corrected chi connectivity index (χ2v) is 7.90. The number of hydrogen-bond donors (Lipinski definition) is 0. The summed E-state index contributed by atoms with van der Waals surface area (Å²) >= 11 is 0. The third kappa shape index (κ3) is 3.71. The molecule has 2 heterocycles. The number of halogens is 1. The first kappa shape index (κ1) is 21.5. The molecule has 8 heteroatoms. The van der Waals surface area contributed by atoms with Crippen molar-refractivity contribution in [1.29, 1.82) is 5.26 Å². The van der Waals surface area contributed by atoms with Gasteiger partial charge in [0, 0.05) is 38.3 Å². The topological polar surface area (TPSA) is 84.7 Å².